The molecule has 1 saturated heterocycles. The number of rotatable bonds is 7. The smallest absolute Gasteiger partial charge is 0.478 e. The molecule has 8 heteroatoms. The number of nitrogens with one attached hydrogen (secondary N) is 1. The van der Waals surface area contributed by atoms with Gasteiger partial charge in [-0.3, -0.25) is 0 Å². The van der Waals surface area contributed by atoms with E-state index >= 15 is 0 Å². The van der Waals surface area contributed by atoms with Crippen LogP contribution >= 0.6 is 0 Å². The SMILES string of the molecule is CC1(C)OB(C(=Cc2ccccc2C(=O)O)CNC(=O)OCC2c3ccccc3-c3ccccc32)OC1(C)C. The molecule has 2 N–H and O–H groups in total. The number of alkyl carbamates (subject to hydrolysis) is 1. The van der Waals surface area contributed by atoms with Gasteiger partial charge in [-0.05, 0) is 67.1 Å². The Bertz CT molecular complexity index is 1380. The molecule has 2 aliphatic rings. The Kier molecular flexibility index (Phi) is 7.10. The van der Waals surface area contributed by atoms with Crippen molar-refractivity contribution in [3.63, 3.8) is 0 Å². The van der Waals surface area contributed by atoms with Gasteiger partial charge in [0, 0.05) is 12.5 Å². The molecule has 0 atom stereocenters. The summed E-state index contributed by atoms with van der Waals surface area (Å²) >= 11 is 0. The summed E-state index contributed by atoms with van der Waals surface area (Å²) in [5.41, 5.74) is 4.59. The van der Waals surface area contributed by atoms with Gasteiger partial charge in [0.05, 0.1) is 16.8 Å². The molecule has 3 aromatic rings. The second-order valence-corrected chi connectivity index (χ2v) is 10.9. The van der Waals surface area contributed by atoms with Crippen molar-refractivity contribution in [3.8, 4) is 11.1 Å². The van der Waals surface area contributed by atoms with E-state index in [1.165, 1.54) is 6.07 Å². The maximum Gasteiger partial charge on any atom is 0.492 e. The lowest BCUT2D eigenvalue weighted by molar-refractivity contribution is 0.00578. The van der Waals surface area contributed by atoms with Gasteiger partial charge < -0.3 is 24.5 Å². The molecule has 1 amide bonds. The minimum absolute atomic E-state index is 0.0521. The van der Waals surface area contributed by atoms with Crippen LogP contribution in [0.3, 0.4) is 0 Å². The summed E-state index contributed by atoms with van der Waals surface area (Å²) in [4.78, 5) is 24.7. The van der Waals surface area contributed by atoms with Crippen molar-refractivity contribution >= 4 is 25.3 Å². The second-order valence-electron chi connectivity index (χ2n) is 10.9. The van der Waals surface area contributed by atoms with E-state index in [-0.39, 0.29) is 24.6 Å². The highest BCUT2D eigenvalue weighted by atomic mass is 16.7. The summed E-state index contributed by atoms with van der Waals surface area (Å²) in [5, 5.41) is 12.5. The fourth-order valence-electron chi connectivity index (χ4n) is 5.04. The standard InChI is InChI=1S/C31H32BNO6/c1-30(2)31(3,4)39-32(38-30)21(17-20-11-5-6-12-22(20)28(34)35)18-33-29(36)37-19-27-25-15-9-7-13-23(25)24-14-8-10-16-26(24)27/h5-17,27H,18-19H2,1-4H3,(H,33,36)(H,34,35). The molecular formula is C31H32BNO6. The molecule has 39 heavy (non-hydrogen) atoms. The number of carboxylic acids is 1. The van der Waals surface area contributed by atoms with Gasteiger partial charge >= 0.3 is 19.2 Å². The van der Waals surface area contributed by atoms with Crippen LogP contribution < -0.4 is 5.32 Å². The summed E-state index contributed by atoms with van der Waals surface area (Å²) < 4.78 is 18.1. The third-order valence-corrected chi connectivity index (χ3v) is 7.87. The zero-order valence-electron chi connectivity index (χ0n) is 22.6. The van der Waals surface area contributed by atoms with E-state index in [0.717, 1.165) is 22.3 Å². The Balaban J connectivity index is 1.33. The van der Waals surface area contributed by atoms with Crippen LogP contribution in [-0.4, -0.2) is 48.6 Å². The van der Waals surface area contributed by atoms with Gasteiger partial charge in [0.25, 0.3) is 0 Å². The van der Waals surface area contributed by atoms with Crippen molar-refractivity contribution in [1.82, 2.24) is 5.32 Å². The zero-order chi connectivity index (χ0) is 27.8. The largest absolute Gasteiger partial charge is 0.492 e. The highest BCUT2D eigenvalue weighted by Crippen LogP contribution is 2.44. The average molecular weight is 525 g/mol. The minimum Gasteiger partial charge on any atom is -0.478 e. The Morgan fingerprint density at radius 3 is 2.03 bits per heavy atom. The van der Waals surface area contributed by atoms with Crippen LogP contribution in [0.4, 0.5) is 4.79 Å². The van der Waals surface area contributed by atoms with Crippen LogP contribution in [0.25, 0.3) is 17.2 Å². The first-order valence-electron chi connectivity index (χ1n) is 13.0. The van der Waals surface area contributed by atoms with E-state index in [4.69, 9.17) is 14.0 Å². The van der Waals surface area contributed by atoms with Gasteiger partial charge in [0.15, 0.2) is 0 Å². The molecule has 0 aromatic heterocycles. The first-order chi connectivity index (χ1) is 18.6. The number of benzene rings is 3. The fourth-order valence-corrected chi connectivity index (χ4v) is 5.04. The minimum atomic E-state index is -1.04. The van der Waals surface area contributed by atoms with E-state index in [9.17, 15) is 14.7 Å². The van der Waals surface area contributed by atoms with Gasteiger partial charge in [0.2, 0.25) is 0 Å². The Hall–Kier alpha value is -3.88. The summed E-state index contributed by atoms with van der Waals surface area (Å²) in [5.74, 6) is -1.09. The second kappa shape index (κ2) is 10.4. The van der Waals surface area contributed by atoms with Gasteiger partial charge in [-0.15, -0.1) is 0 Å². The van der Waals surface area contributed by atoms with Crippen LogP contribution in [0.5, 0.6) is 0 Å². The first kappa shape index (κ1) is 26.7. The molecule has 7 nitrogen and oxygen atoms in total. The molecule has 0 radical (unpaired) electrons. The normalized spacial score (nSPS) is 17.4. The molecule has 200 valence electrons. The zero-order valence-corrected chi connectivity index (χ0v) is 22.6. The summed E-state index contributed by atoms with van der Waals surface area (Å²) in [6.45, 7) is 8.01. The van der Waals surface area contributed by atoms with Crippen LogP contribution in [0.15, 0.2) is 78.3 Å². The van der Waals surface area contributed by atoms with E-state index in [2.05, 4.69) is 29.6 Å². The Morgan fingerprint density at radius 1 is 0.897 bits per heavy atom. The topological polar surface area (TPSA) is 94.1 Å². The number of carboxylic acid groups (broad SMARTS) is 1. The Labute approximate surface area is 228 Å². The van der Waals surface area contributed by atoms with Gasteiger partial charge in [-0.1, -0.05) is 72.8 Å². The predicted molar refractivity (Wildman–Crippen MR) is 151 cm³/mol. The molecule has 0 spiro atoms. The number of aromatic carboxylic acids is 1. The summed E-state index contributed by atoms with van der Waals surface area (Å²) in [7, 11) is -0.772. The first-order valence-corrected chi connectivity index (χ1v) is 13.0. The molecule has 1 aliphatic heterocycles. The monoisotopic (exact) mass is 525 g/mol. The lowest BCUT2D eigenvalue weighted by atomic mass is 9.76. The van der Waals surface area contributed by atoms with Gasteiger partial charge in [-0.25, -0.2) is 9.59 Å². The van der Waals surface area contributed by atoms with Crippen molar-refractivity contribution in [2.24, 2.45) is 0 Å². The van der Waals surface area contributed by atoms with Crippen LogP contribution in [0, 0.1) is 0 Å². The highest BCUT2D eigenvalue weighted by molar-refractivity contribution is 6.56. The highest BCUT2D eigenvalue weighted by Gasteiger charge is 2.52. The van der Waals surface area contributed by atoms with Gasteiger partial charge in [0.1, 0.15) is 6.61 Å². The lowest BCUT2D eigenvalue weighted by Crippen LogP contribution is -2.41. The number of ether oxygens (including phenoxy) is 1. The van der Waals surface area contributed by atoms with E-state index in [0.29, 0.717) is 11.0 Å². The van der Waals surface area contributed by atoms with Crippen molar-refractivity contribution in [2.45, 2.75) is 44.8 Å². The van der Waals surface area contributed by atoms with E-state index in [1.54, 1.807) is 24.3 Å². The number of hydrogen-bond donors (Lipinski definition) is 2. The molecule has 5 rings (SSSR count). The molecule has 1 heterocycles. The number of fused-ring (bicyclic) bond motifs is 3. The van der Waals surface area contributed by atoms with Crippen molar-refractivity contribution < 1.29 is 28.7 Å². The van der Waals surface area contributed by atoms with Crippen molar-refractivity contribution in [3.05, 3.63) is 101 Å². The molecule has 1 aliphatic carbocycles. The molecule has 1 fully saturated rings. The maximum absolute atomic E-state index is 12.9. The summed E-state index contributed by atoms with van der Waals surface area (Å²) in [6, 6.07) is 23.0. The Morgan fingerprint density at radius 2 is 1.44 bits per heavy atom. The van der Waals surface area contributed by atoms with Crippen LogP contribution in [0.2, 0.25) is 0 Å². The predicted octanol–water partition coefficient (Wildman–Crippen LogP) is 5.94. The third-order valence-electron chi connectivity index (χ3n) is 7.87. The maximum atomic E-state index is 12.9. The van der Waals surface area contributed by atoms with Crippen molar-refractivity contribution in [2.75, 3.05) is 13.2 Å². The van der Waals surface area contributed by atoms with Gasteiger partial charge in [-0.2, -0.15) is 0 Å². The van der Waals surface area contributed by atoms with Crippen molar-refractivity contribution in [1.29, 1.82) is 0 Å². The molecule has 0 unspecified atom stereocenters. The van der Waals surface area contributed by atoms with E-state index < -0.39 is 30.4 Å². The lowest BCUT2D eigenvalue weighted by Gasteiger charge is -2.32. The fraction of sp³-hybridized carbons (Fsp3) is 0.290. The molecular weight excluding hydrogens is 493 g/mol. The molecule has 3 aromatic carbocycles. The molecule has 0 bridgehead atoms. The number of hydrogen-bond acceptors (Lipinski definition) is 5. The number of carbonyl (C=O) groups excluding carboxylic acids is 1. The third kappa shape index (κ3) is 5.22. The van der Waals surface area contributed by atoms with Crippen LogP contribution in [0.1, 0.15) is 60.7 Å². The number of amides is 1. The number of carbonyl (C=O) groups is 2. The quantitative estimate of drug-likeness (QED) is 0.371. The van der Waals surface area contributed by atoms with E-state index in [1.807, 2.05) is 52.0 Å². The summed E-state index contributed by atoms with van der Waals surface area (Å²) in [6.07, 6.45) is 1.13. The molecule has 0 saturated carbocycles. The average Bonchev–Trinajstić information content (AvgIpc) is 3.34. The van der Waals surface area contributed by atoms with Crippen LogP contribution in [-0.2, 0) is 14.0 Å².